The SMILES string of the molecule is CC(O)Cc1nc2cc(C(F)(F)F)c(Cl)cc2n1-c1ccc(CCCl)cc1. The van der Waals surface area contributed by atoms with Crippen molar-refractivity contribution in [2.75, 3.05) is 5.88 Å². The number of aromatic nitrogens is 2. The zero-order valence-corrected chi connectivity index (χ0v) is 15.9. The van der Waals surface area contributed by atoms with Crippen molar-refractivity contribution in [1.82, 2.24) is 9.55 Å². The number of benzene rings is 2. The fourth-order valence-electron chi connectivity index (χ4n) is 2.98. The van der Waals surface area contributed by atoms with Gasteiger partial charge in [-0.05, 0) is 43.2 Å². The molecule has 3 nitrogen and oxygen atoms in total. The molecule has 27 heavy (non-hydrogen) atoms. The van der Waals surface area contributed by atoms with E-state index in [2.05, 4.69) is 4.98 Å². The Kier molecular flexibility index (Phi) is 5.70. The second kappa shape index (κ2) is 7.70. The van der Waals surface area contributed by atoms with Gasteiger partial charge in [-0.3, -0.25) is 4.57 Å². The van der Waals surface area contributed by atoms with E-state index in [0.717, 1.165) is 17.3 Å². The van der Waals surface area contributed by atoms with Crippen LogP contribution in [0.5, 0.6) is 0 Å². The summed E-state index contributed by atoms with van der Waals surface area (Å²) in [6.45, 7) is 1.60. The summed E-state index contributed by atoms with van der Waals surface area (Å²) in [5.74, 6) is 0.955. The van der Waals surface area contributed by atoms with Crippen molar-refractivity contribution < 1.29 is 18.3 Å². The van der Waals surface area contributed by atoms with Crippen LogP contribution in [-0.2, 0) is 19.0 Å². The molecular weight excluding hydrogens is 400 g/mol. The normalized spacial score (nSPS) is 13.3. The van der Waals surface area contributed by atoms with Crippen LogP contribution in [0, 0.1) is 0 Å². The van der Waals surface area contributed by atoms with Crippen molar-refractivity contribution in [2.45, 2.75) is 32.0 Å². The highest BCUT2D eigenvalue weighted by molar-refractivity contribution is 6.32. The van der Waals surface area contributed by atoms with Crippen LogP contribution in [0.25, 0.3) is 16.7 Å². The molecule has 0 saturated carbocycles. The van der Waals surface area contributed by atoms with E-state index < -0.39 is 22.9 Å². The Morgan fingerprint density at radius 1 is 1.19 bits per heavy atom. The highest BCUT2D eigenvalue weighted by Crippen LogP contribution is 2.37. The minimum absolute atomic E-state index is 0.173. The van der Waals surface area contributed by atoms with Gasteiger partial charge in [0.2, 0.25) is 0 Å². The first kappa shape index (κ1) is 20.0. The lowest BCUT2D eigenvalue weighted by Gasteiger charge is -2.12. The van der Waals surface area contributed by atoms with Gasteiger partial charge in [0, 0.05) is 18.0 Å². The van der Waals surface area contributed by atoms with Crippen LogP contribution in [0.3, 0.4) is 0 Å². The van der Waals surface area contributed by atoms with Gasteiger partial charge < -0.3 is 5.11 Å². The van der Waals surface area contributed by atoms with E-state index in [9.17, 15) is 18.3 Å². The number of aliphatic hydroxyl groups is 1. The fraction of sp³-hybridized carbons (Fsp3) is 0.316. The van der Waals surface area contributed by atoms with Crippen LogP contribution in [0.2, 0.25) is 5.02 Å². The lowest BCUT2D eigenvalue weighted by molar-refractivity contribution is -0.137. The second-order valence-electron chi connectivity index (χ2n) is 6.34. The molecule has 2 aromatic carbocycles. The van der Waals surface area contributed by atoms with Gasteiger partial charge in [0.25, 0.3) is 0 Å². The molecule has 0 fully saturated rings. The first-order chi connectivity index (χ1) is 12.7. The Hall–Kier alpha value is -1.76. The number of aryl methyl sites for hydroxylation is 1. The van der Waals surface area contributed by atoms with Crippen LogP contribution in [0.15, 0.2) is 36.4 Å². The predicted octanol–water partition coefficient (Wildman–Crippen LogP) is 5.40. The summed E-state index contributed by atoms with van der Waals surface area (Å²) in [6, 6.07) is 9.72. The molecule has 144 valence electrons. The molecule has 1 unspecified atom stereocenters. The standard InChI is InChI=1S/C19H17Cl2F3N2O/c1-11(27)8-18-25-16-9-14(19(22,23)24)15(21)10-17(16)26(18)13-4-2-12(3-5-13)6-7-20/h2-5,9-11,27H,6-8H2,1H3. The number of halogens is 5. The Morgan fingerprint density at radius 2 is 1.85 bits per heavy atom. The topological polar surface area (TPSA) is 38.1 Å². The summed E-state index contributed by atoms with van der Waals surface area (Å²) in [4.78, 5) is 4.33. The molecule has 0 radical (unpaired) electrons. The first-order valence-electron chi connectivity index (χ1n) is 8.32. The zero-order chi connectivity index (χ0) is 19.8. The lowest BCUT2D eigenvalue weighted by atomic mass is 10.1. The van der Waals surface area contributed by atoms with E-state index in [0.29, 0.717) is 23.6 Å². The number of hydrogen-bond acceptors (Lipinski definition) is 2. The van der Waals surface area contributed by atoms with E-state index in [4.69, 9.17) is 23.2 Å². The van der Waals surface area contributed by atoms with Crippen LogP contribution in [0.4, 0.5) is 13.2 Å². The quantitative estimate of drug-likeness (QED) is 0.565. The molecule has 0 aliphatic carbocycles. The minimum atomic E-state index is -4.57. The van der Waals surface area contributed by atoms with Crippen LogP contribution < -0.4 is 0 Å². The van der Waals surface area contributed by atoms with Gasteiger partial charge in [-0.25, -0.2) is 4.98 Å². The molecule has 1 atom stereocenters. The summed E-state index contributed by atoms with van der Waals surface area (Å²) < 4.78 is 41.2. The molecule has 0 aliphatic heterocycles. The Labute approximate surface area is 164 Å². The van der Waals surface area contributed by atoms with Crippen molar-refractivity contribution in [3.05, 3.63) is 58.4 Å². The fourth-order valence-corrected chi connectivity index (χ4v) is 3.46. The maximum Gasteiger partial charge on any atom is 0.417 e. The number of aliphatic hydroxyl groups excluding tert-OH is 1. The molecule has 0 bridgehead atoms. The minimum Gasteiger partial charge on any atom is -0.393 e. The summed E-state index contributed by atoms with van der Waals surface area (Å²) in [6.07, 6.45) is -4.36. The van der Waals surface area contributed by atoms with Gasteiger partial charge >= 0.3 is 6.18 Å². The molecule has 3 aromatic rings. The van der Waals surface area contributed by atoms with Crippen molar-refractivity contribution in [3.63, 3.8) is 0 Å². The van der Waals surface area contributed by atoms with Crippen molar-refractivity contribution in [3.8, 4) is 5.69 Å². The second-order valence-corrected chi connectivity index (χ2v) is 7.13. The van der Waals surface area contributed by atoms with E-state index in [1.807, 2.05) is 24.3 Å². The number of hydrogen-bond donors (Lipinski definition) is 1. The van der Waals surface area contributed by atoms with Gasteiger partial charge in [0.05, 0.1) is 27.7 Å². The number of nitrogens with zero attached hydrogens (tertiary/aromatic N) is 2. The largest absolute Gasteiger partial charge is 0.417 e. The molecule has 0 aliphatic rings. The van der Waals surface area contributed by atoms with Crippen molar-refractivity contribution >= 4 is 34.2 Å². The molecule has 0 spiro atoms. The Bertz CT molecular complexity index is 950. The monoisotopic (exact) mass is 416 g/mol. The summed E-state index contributed by atoms with van der Waals surface area (Å²) >= 11 is 11.7. The molecule has 0 saturated heterocycles. The third kappa shape index (κ3) is 4.23. The van der Waals surface area contributed by atoms with Crippen LogP contribution in [0.1, 0.15) is 23.9 Å². The van der Waals surface area contributed by atoms with Crippen LogP contribution >= 0.6 is 23.2 Å². The Morgan fingerprint density at radius 3 is 2.41 bits per heavy atom. The number of imidazole rings is 1. The molecule has 1 heterocycles. The molecule has 0 amide bonds. The molecular formula is C19H17Cl2F3N2O. The number of fused-ring (bicyclic) bond motifs is 1. The lowest BCUT2D eigenvalue weighted by Crippen LogP contribution is -2.10. The highest BCUT2D eigenvalue weighted by atomic mass is 35.5. The van der Waals surface area contributed by atoms with Gasteiger partial charge in [-0.15, -0.1) is 11.6 Å². The summed E-state index contributed by atoms with van der Waals surface area (Å²) in [5.41, 5.74) is 1.47. The highest BCUT2D eigenvalue weighted by Gasteiger charge is 2.34. The molecule has 3 rings (SSSR count). The van der Waals surface area contributed by atoms with E-state index >= 15 is 0 Å². The predicted molar refractivity (Wildman–Crippen MR) is 101 cm³/mol. The van der Waals surface area contributed by atoms with Crippen LogP contribution in [-0.4, -0.2) is 26.6 Å². The van der Waals surface area contributed by atoms with E-state index in [-0.39, 0.29) is 11.9 Å². The average molecular weight is 417 g/mol. The first-order valence-corrected chi connectivity index (χ1v) is 9.23. The third-order valence-electron chi connectivity index (χ3n) is 4.17. The number of rotatable bonds is 5. The summed E-state index contributed by atoms with van der Waals surface area (Å²) in [7, 11) is 0. The molecule has 1 N–H and O–H groups in total. The maximum absolute atomic E-state index is 13.2. The summed E-state index contributed by atoms with van der Waals surface area (Å²) in [5, 5.41) is 9.39. The van der Waals surface area contributed by atoms with Gasteiger partial charge in [-0.1, -0.05) is 23.7 Å². The molecule has 1 aromatic heterocycles. The smallest absolute Gasteiger partial charge is 0.393 e. The average Bonchev–Trinajstić information content (AvgIpc) is 2.90. The number of alkyl halides is 4. The van der Waals surface area contributed by atoms with E-state index in [1.54, 1.807) is 11.5 Å². The van der Waals surface area contributed by atoms with Crippen molar-refractivity contribution in [1.29, 1.82) is 0 Å². The molecule has 8 heteroatoms. The van der Waals surface area contributed by atoms with Gasteiger partial charge in [-0.2, -0.15) is 13.2 Å². The van der Waals surface area contributed by atoms with E-state index in [1.165, 1.54) is 6.07 Å². The van der Waals surface area contributed by atoms with Crippen molar-refractivity contribution in [2.24, 2.45) is 0 Å². The third-order valence-corrected chi connectivity index (χ3v) is 4.68. The Balaban J connectivity index is 2.20. The van der Waals surface area contributed by atoms with Gasteiger partial charge in [0.15, 0.2) is 0 Å². The van der Waals surface area contributed by atoms with Gasteiger partial charge in [0.1, 0.15) is 5.82 Å². The zero-order valence-electron chi connectivity index (χ0n) is 14.4. The maximum atomic E-state index is 13.2.